The molecule has 2 aromatic heterocycles. The maximum atomic E-state index is 11.9. The van der Waals surface area contributed by atoms with Crippen LogP contribution in [0, 0.1) is 6.92 Å². The van der Waals surface area contributed by atoms with E-state index in [1.807, 2.05) is 6.92 Å². The van der Waals surface area contributed by atoms with Crippen LogP contribution in [0.15, 0.2) is 36.7 Å². The van der Waals surface area contributed by atoms with Crippen molar-refractivity contribution in [3.8, 4) is 0 Å². The molecule has 4 nitrogen and oxygen atoms in total. The van der Waals surface area contributed by atoms with Crippen molar-refractivity contribution in [1.82, 2.24) is 9.97 Å². The van der Waals surface area contributed by atoms with E-state index in [1.165, 1.54) is 0 Å². The largest absolute Gasteiger partial charge is 0.319 e. The fourth-order valence-electron chi connectivity index (χ4n) is 1.36. The summed E-state index contributed by atoms with van der Waals surface area (Å²) in [5.41, 5.74) is 1.82. The quantitative estimate of drug-likeness (QED) is 0.830. The predicted molar refractivity (Wildman–Crippen MR) is 66.2 cm³/mol. The molecule has 2 rings (SSSR count). The van der Waals surface area contributed by atoms with Crippen LogP contribution in [0.25, 0.3) is 0 Å². The molecule has 0 fully saturated rings. The van der Waals surface area contributed by atoms with Crippen molar-refractivity contribution in [1.29, 1.82) is 0 Å². The van der Waals surface area contributed by atoms with Crippen molar-refractivity contribution >= 4 is 23.2 Å². The minimum absolute atomic E-state index is 0.231. The molecule has 0 spiro atoms. The number of anilines is 1. The van der Waals surface area contributed by atoms with E-state index in [2.05, 4.69) is 15.3 Å². The Morgan fingerprint density at radius 1 is 1.29 bits per heavy atom. The van der Waals surface area contributed by atoms with Gasteiger partial charge in [0.1, 0.15) is 0 Å². The normalized spacial score (nSPS) is 10.0. The van der Waals surface area contributed by atoms with Crippen LogP contribution in [-0.2, 0) is 0 Å². The maximum Gasteiger partial charge on any atom is 0.255 e. The van der Waals surface area contributed by atoms with Crippen LogP contribution in [0.5, 0.6) is 0 Å². The van der Waals surface area contributed by atoms with Gasteiger partial charge in [-0.1, -0.05) is 11.6 Å². The number of aromatic nitrogens is 2. The molecular formula is C12H10ClN3O. The van der Waals surface area contributed by atoms with Crippen LogP contribution < -0.4 is 5.32 Å². The molecule has 0 aliphatic heterocycles. The molecule has 5 heteroatoms. The number of hydrogen-bond donors (Lipinski definition) is 1. The molecular weight excluding hydrogens is 238 g/mol. The monoisotopic (exact) mass is 247 g/mol. The van der Waals surface area contributed by atoms with E-state index in [4.69, 9.17) is 11.6 Å². The second-order valence-electron chi connectivity index (χ2n) is 3.48. The SMILES string of the molecule is Cc1cc(C(=O)Nc2cccnc2Cl)ccn1. The zero-order chi connectivity index (χ0) is 12.3. The van der Waals surface area contributed by atoms with Crippen LogP contribution in [0.2, 0.25) is 5.15 Å². The summed E-state index contributed by atoms with van der Waals surface area (Å²) in [6, 6.07) is 6.76. The highest BCUT2D eigenvalue weighted by molar-refractivity contribution is 6.32. The Bertz CT molecular complexity index is 557. The van der Waals surface area contributed by atoms with Crippen molar-refractivity contribution in [2.45, 2.75) is 6.92 Å². The van der Waals surface area contributed by atoms with Crippen LogP contribution in [0.1, 0.15) is 16.1 Å². The highest BCUT2D eigenvalue weighted by atomic mass is 35.5. The molecule has 0 aliphatic rings. The first-order valence-electron chi connectivity index (χ1n) is 5.01. The minimum Gasteiger partial charge on any atom is -0.319 e. The molecule has 0 bridgehead atoms. The van der Waals surface area contributed by atoms with Gasteiger partial charge in [-0.2, -0.15) is 0 Å². The van der Waals surface area contributed by atoms with Gasteiger partial charge in [-0.3, -0.25) is 9.78 Å². The number of nitrogens with zero attached hydrogens (tertiary/aromatic N) is 2. The topological polar surface area (TPSA) is 54.9 Å². The summed E-state index contributed by atoms with van der Waals surface area (Å²) < 4.78 is 0. The van der Waals surface area contributed by atoms with E-state index in [1.54, 1.807) is 36.7 Å². The summed E-state index contributed by atoms with van der Waals surface area (Å²) in [7, 11) is 0. The van der Waals surface area contributed by atoms with Crippen molar-refractivity contribution in [2.24, 2.45) is 0 Å². The number of pyridine rings is 2. The van der Waals surface area contributed by atoms with E-state index in [0.29, 0.717) is 11.3 Å². The Morgan fingerprint density at radius 2 is 2.12 bits per heavy atom. The number of carbonyl (C=O) groups excluding carboxylic acids is 1. The van der Waals surface area contributed by atoms with Gasteiger partial charge in [0.25, 0.3) is 5.91 Å². The van der Waals surface area contributed by atoms with Crippen molar-refractivity contribution in [3.05, 3.63) is 53.1 Å². The maximum absolute atomic E-state index is 11.9. The number of carbonyl (C=O) groups is 1. The smallest absolute Gasteiger partial charge is 0.255 e. The molecule has 2 aromatic rings. The zero-order valence-corrected chi connectivity index (χ0v) is 9.90. The standard InChI is InChI=1S/C12H10ClN3O/c1-8-7-9(4-6-14-8)12(17)16-10-3-2-5-15-11(10)13/h2-7H,1H3,(H,16,17). The lowest BCUT2D eigenvalue weighted by molar-refractivity contribution is 0.102. The molecule has 1 amide bonds. The first-order valence-corrected chi connectivity index (χ1v) is 5.39. The summed E-state index contributed by atoms with van der Waals surface area (Å²) in [5.74, 6) is -0.231. The second-order valence-corrected chi connectivity index (χ2v) is 3.84. The summed E-state index contributed by atoms with van der Waals surface area (Å²) >= 11 is 5.85. The summed E-state index contributed by atoms with van der Waals surface area (Å²) in [6.07, 6.45) is 3.16. The van der Waals surface area contributed by atoms with Gasteiger partial charge in [-0.15, -0.1) is 0 Å². The first kappa shape index (κ1) is 11.5. The van der Waals surface area contributed by atoms with Crippen LogP contribution in [-0.4, -0.2) is 15.9 Å². The molecule has 0 atom stereocenters. The number of hydrogen-bond acceptors (Lipinski definition) is 3. The molecule has 0 saturated heterocycles. The lowest BCUT2D eigenvalue weighted by Crippen LogP contribution is -2.12. The van der Waals surface area contributed by atoms with Gasteiger partial charge in [-0.25, -0.2) is 4.98 Å². The van der Waals surface area contributed by atoms with Gasteiger partial charge in [0.05, 0.1) is 5.69 Å². The van der Waals surface area contributed by atoms with Gasteiger partial charge in [0, 0.05) is 23.7 Å². The molecule has 0 aliphatic carbocycles. The lowest BCUT2D eigenvalue weighted by Gasteiger charge is -2.06. The molecule has 17 heavy (non-hydrogen) atoms. The summed E-state index contributed by atoms with van der Waals surface area (Å²) in [5, 5.41) is 2.96. The zero-order valence-electron chi connectivity index (χ0n) is 9.14. The van der Waals surface area contributed by atoms with E-state index in [9.17, 15) is 4.79 Å². The average molecular weight is 248 g/mol. The van der Waals surface area contributed by atoms with Crippen molar-refractivity contribution < 1.29 is 4.79 Å². The lowest BCUT2D eigenvalue weighted by atomic mass is 10.2. The molecule has 0 radical (unpaired) electrons. The van der Waals surface area contributed by atoms with Crippen molar-refractivity contribution in [2.75, 3.05) is 5.32 Å². The molecule has 0 saturated carbocycles. The Balaban J connectivity index is 2.20. The minimum atomic E-state index is -0.231. The number of halogens is 1. The molecule has 1 N–H and O–H groups in total. The fraction of sp³-hybridized carbons (Fsp3) is 0.0833. The Hall–Kier alpha value is -1.94. The van der Waals surface area contributed by atoms with Crippen LogP contribution in [0.3, 0.4) is 0 Å². The van der Waals surface area contributed by atoms with E-state index < -0.39 is 0 Å². The third-order valence-electron chi connectivity index (χ3n) is 2.17. The van der Waals surface area contributed by atoms with Gasteiger partial charge >= 0.3 is 0 Å². The Morgan fingerprint density at radius 3 is 2.82 bits per heavy atom. The number of nitrogens with one attached hydrogen (secondary N) is 1. The van der Waals surface area contributed by atoms with E-state index in [0.717, 1.165) is 5.69 Å². The van der Waals surface area contributed by atoms with Crippen molar-refractivity contribution in [3.63, 3.8) is 0 Å². The second kappa shape index (κ2) is 4.93. The van der Waals surface area contributed by atoms with E-state index >= 15 is 0 Å². The van der Waals surface area contributed by atoms with Gasteiger partial charge in [0.2, 0.25) is 0 Å². The molecule has 2 heterocycles. The van der Waals surface area contributed by atoms with Crippen LogP contribution in [0.4, 0.5) is 5.69 Å². The summed E-state index contributed by atoms with van der Waals surface area (Å²) in [6.45, 7) is 1.83. The fourth-order valence-corrected chi connectivity index (χ4v) is 1.53. The third kappa shape index (κ3) is 2.79. The average Bonchev–Trinajstić information content (AvgIpc) is 2.32. The number of amides is 1. The third-order valence-corrected chi connectivity index (χ3v) is 2.47. The Kier molecular flexibility index (Phi) is 3.35. The number of rotatable bonds is 2. The number of aryl methyl sites for hydroxylation is 1. The van der Waals surface area contributed by atoms with Gasteiger partial charge < -0.3 is 5.32 Å². The van der Waals surface area contributed by atoms with Gasteiger partial charge in [-0.05, 0) is 31.2 Å². The Labute approximate surface area is 104 Å². The summed E-state index contributed by atoms with van der Waals surface area (Å²) in [4.78, 5) is 19.8. The molecule has 0 unspecified atom stereocenters. The molecule has 0 aromatic carbocycles. The highest BCUT2D eigenvalue weighted by Gasteiger charge is 2.08. The van der Waals surface area contributed by atoms with Crippen LogP contribution >= 0.6 is 11.6 Å². The van der Waals surface area contributed by atoms with Gasteiger partial charge in [0.15, 0.2) is 5.15 Å². The molecule has 86 valence electrons. The predicted octanol–water partition coefficient (Wildman–Crippen LogP) is 2.69. The first-order chi connectivity index (χ1) is 8.16. The van der Waals surface area contributed by atoms with E-state index in [-0.39, 0.29) is 11.1 Å². The highest BCUT2D eigenvalue weighted by Crippen LogP contribution is 2.18.